The summed E-state index contributed by atoms with van der Waals surface area (Å²) >= 11 is 5.79. The molecule has 2 aromatic rings. The second-order valence-corrected chi connectivity index (χ2v) is 8.17. The zero-order chi connectivity index (χ0) is 17.5. The van der Waals surface area contributed by atoms with Crippen LogP contribution in [0.1, 0.15) is 11.5 Å². The third-order valence-electron chi connectivity index (χ3n) is 4.24. The maximum absolute atomic E-state index is 12.8. The Hall–Kier alpha value is -2.05. The highest BCUT2D eigenvalue weighted by atomic mass is 35.5. The molecule has 0 unspecified atom stereocenters. The lowest BCUT2D eigenvalue weighted by molar-refractivity contribution is -0.138. The zero-order valence-electron chi connectivity index (χ0n) is 12.7. The molecular formula is C17H15ClO5S. The third kappa shape index (κ3) is 2.87. The van der Waals surface area contributed by atoms with E-state index in [1.807, 2.05) is 0 Å². The summed E-state index contributed by atoms with van der Waals surface area (Å²) in [7, 11) is -2.23. The molecule has 1 fully saturated rings. The van der Waals surface area contributed by atoms with Crippen LogP contribution in [0, 0.1) is 5.92 Å². The Labute approximate surface area is 144 Å². The number of carboxylic acid groups (broad SMARTS) is 1. The van der Waals surface area contributed by atoms with Gasteiger partial charge in [0.2, 0.25) is 0 Å². The van der Waals surface area contributed by atoms with E-state index in [4.69, 9.17) is 16.3 Å². The number of hydrogen-bond donors (Lipinski definition) is 1. The van der Waals surface area contributed by atoms with Crippen LogP contribution in [0.15, 0.2) is 53.4 Å². The second-order valence-electron chi connectivity index (χ2n) is 5.63. The largest absolute Gasteiger partial charge is 0.497 e. The molecule has 5 nitrogen and oxygen atoms in total. The van der Waals surface area contributed by atoms with Crippen LogP contribution in [0.2, 0.25) is 5.02 Å². The SMILES string of the molecule is COc1ccc([C@H]2[C@@H](C(=O)O)[C@@H]2S(=O)(=O)c2ccc(Cl)cc2)cc1. The Morgan fingerprint density at radius 3 is 2.17 bits per heavy atom. The van der Waals surface area contributed by atoms with E-state index in [1.165, 1.54) is 31.4 Å². The minimum atomic E-state index is -3.76. The molecule has 0 saturated heterocycles. The molecule has 0 spiro atoms. The molecule has 0 amide bonds. The Bertz CT molecular complexity index is 859. The quantitative estimate of drug-likeness (QED) is 0.879. The fourth-order valence-electron chi connectivity index (χ4n) is 2.97. The fourth-order valence-corrected chi connectivity index (χ4v) is 5.22. The van der Waals surface area contributed by atoms with E-state index in [2.05, 4.69) is 0 Å². The van der Waals surface area contributed by atoms with Crippen LogP contribution in [0.5, 0.6) is 5.75 Å². The molecule has 1 aliphatic rings. The minimum Gasteiger partial charge on any atom is -0.497 e. The van der Waals surface area contributed by atoms with Gasteiger partial charge in [-0.05, 0) is 42.0 Å². The molecule has 126 valence electrons. The normalized spacial score (nSPS) is 22.8. The topological polar surface area (TPSA) is 80.7 Å². The van der Waals surface area contributed by atoms with E-state index in [9.17, 15) is 18.3 Å². The summed E-state index contributed by atoms with van der Waals surface area (Å²) in [4.78, 5) is 11.6. The van der Waals surface area contributed by atoms with Crippen molar-refractivity contribution in [3.05, 3.63) is 59.1 Å². The second kappa shape index (κ2) is 6.11. The number of sulfone groups is 1. The number of benzene rings is 2. The Morgan fingerprint density at radius 2 is 1.67 bits per heavy atom. The van der Waals surface area contributed by atoms with Crippen molar-refractivity contribution < 1.29 is 23.1 Å². The van der Waals surface area contributed by atoms with E-state index >= 15 is 0 Å². The van der Waals surface area contributed by atoms with E-state index in [0.29, 0.717) is 16.3 Å². The first-order valence-corrected chi connectivity index (χ1v) is 9.15. The molecule has 3 rings (SSSR count). The molecule has 1 aliphatic carbocycles. The Morgan fingerprint density at radius 1 is 1.08 bits per heavy atom. The molecule has 0 aromatic heterocycles. The van der Waals surface area contributed by atoms with Gasteiger partial charge >= 0.3 is 5.97 Å². The van der Waals surface area contributed by atoms with Gasteiger partial charge in [0.1, 0.15) is 5.75 Å². The number of halogens is 1. The lowest BCUT2D eigenvalue weighted by Crippen LogP contribution is -2.13. The van der Waals surface area contributed by atoms with Crippen LogP contribution in [-0.2, 0) is 14.6 Å². The van der Waals surface area contributed by atoms with E-state index in [-0.39, 0.29) is 4.90 Å². The number of ether oxygens (including phenoxy) is 1. The molecule has 3 atom stereocenters. The monoisotopic (exact) mass is 366 g/mol. The highest BCUT2D eigenvalue weighted by Crippen LogP contribution is 2.54. The zero-order valence-corrected chi connectivity index (χ0v) is 14.3. The first-order chi connectivity index (χ1) is 11.4. The van der Waals surface area contributed by atoms with Gasteiger partial charge < -0.3 is 9.84 Å². The summed E-state index contributed by atoms with van der Waals surface area (Å²) < 4.78 is 30.7. The van der Waals surface area contributed by atoms with Crippen molar-refractivity contribution in [1.82, 2.24) is 0 Å². The van der Waals surface area contributed by atoms with Crippen molar-refractivity contribution in [1.29, 1.82) is 0 Å². The molecule has 1 N–H and O–H groups in total. The summed E-state index contributed by atoms with van der Waals surface area (Å²) in [5.74, 6) is -2.02. The fraction of sp³-hybridized carbons (Fsp3) is 0.235. The minimum absolute atomic E-state index is 0.0826. The predicted octanol–water partition coefficient (Wildman–Crippen LogP) is 2.99. The third-order valence-corrected chi connectivity index (χ3v) is 6.72. The molecule has 7 heteroatoms. The van der Waals surface area contributed by atoms with Crippen molar-refractivity contribution in [3.63, 3.8) is 0 Å². The maximum Gasteiger partial charge on any atom is 0.308 e. The predicted molar refractivity (Wildman–Crippen MR) is 89.3 cm³/mol. The number of aliphatic carboxylic acids is 1. The summed E-state index contributed by atoms with van der Waals surface area (Å²) in [5, 5.41) is 8.84. The lowest BCUT2D eigenvalue weighted by Gasteiger charge is -2.05. The highest BCUT2D eigenvalue weighted by molar-refractivity contribution is 7.92. The van der Waals surface area contributed by atoms with Crippen LogP contribution in [-0.4, -0.2) is 31.9 Å². The molecule has 0 radical (unpaired) electrons. The van der Waals surface area contributed by atoms with Gasteiger partial charge in [-0.1, -0.05) is 23.7 Å². The average Bonchev–Trinajstić information content (AvgIpc) is 3.32. The van der Waals surface area contributed by atoms with Gasteiger partial charge in [-0.2, -0.15) is 0 Å². The summed E-state index contributed by atoms with van der Waals surface area (Å²) in [6, 6.07) is 12.6. The Balaban J connectivity index is 1.96. The smallest absolute Gasteiger partial charge is 0.308 e. The van der Waals surface area contributed by atoms with Gasteiger partial charge in [0.25, 0.3) is 0 Å². The van der Waals surface area contributed by atoms with Gasteiger partial charge in [0.05, 0.1) is 23.2 Å². The summed E-state index contributed by atoms with van der Waals surface area (Å²) in [6.07, 6.45) is 0. The average molecular weight is 367 g/mol. The van der Waals surface area contributed by atoms with Crippen molar-refractivity contribution >= 4 is 27.4 Å². The van der Waals surface area contributed by atoms with E-state index in [1.54, 1.807) is 24.3 Å². The lowest BCUT2D eigenvalue weighted by atomic mass is 10.1. The molecule has 1 saturated carbocycles. The molecule has 0 bridgehead atoms. The molecule has 0 aliphatic heterocycles. The van der Waals surface area contributed by atoms with Gasteiger partial charge in [-0.15, -0.1) is 0 Å². The van der Waals surface area contributed by atoms with E-state index < -0.39 is 32.9 Å². The molecular weight excluding hydrogens is 352 g/mol. The Kier molecular flexibility index (Phi) is 4.27. The summed E-state index contributed by atoms with van der Waals surface area (Å²) in [5.41, 5.74) is 0.672. The first-order valence-electron chi connectivity index (χ1n) is 7.22. The van der Waals surface area contributed by atoms with Gasteiger partial charge in [0.15, 0.2) is 9.84 Å². The van der Waals surface area contributed by atoms with Crippen LogP contribution < -0.4 is 4.74 Å². The number of rotatable bonds is 5. The van der Waals surface area contributed by atoms with Crippen molar-refractivity contribution in [2.45, 2.75) is 16.1 Å². The first kappa shape index (κ1) is 16.8. The number of hydrogen-bond acceptors (Lipinski definition) is 4. The van der Waals surface area contributed by atoms with Gasteiger partial charge in [0, 0.05) is 10.9 Å². The molecule has 24 heavy (non-hydrogen) atoms. The maximum atomic E-state index is 12.8. The number of methoxy groups -OCH3 is 1. The van der Waals surface area contributed by atoms with Gasteiger partial charge in [-0.3, -0.25) is 4.79 Å². The van der Waals surface area contributed by atoms with E-state index in [0.717, 1.165) is 0 Å². The summed E-state index contributed by atoms with van der Waals surface area (Å²) in [6.45, 7) is 0. The van der Waals surface area contributed by atoms with Crippen LogP contribution >= 0.6 is 11.6 Å². The van der Waals surface area contributed by atoms with Gasteiger partial charge in [-0.25, -0.2) is 8.42 Å². The molecule has 0 heterocycles. The van der Waals surface area contributed by atoms with Crippen molar-refractivity contribution in [2.24, 2.45) is 5.92 Å². The van der Waals surface area contributed by atoms with Crippen molar-refractivity contribution in [2.75, 3.05) is 7.11 Å². The standard InChI is InChI=1S/C17H15ClO5S/c1-23-12-6-2-10(3-7-12)14-15(17(19)20)16(14)24(21,22)13-8-4-11(18)5-9-13/h2-9,14-16H,1H3,(H,19,20)/t14-,15+,16+/m0/s1. The van der Waals surface area contributed by atoms with Crippen LogP contribution in [0.3, 0.4) is 0 Å². The number of carbonyl (C=O) groups is 1. The number of carboxylic acids is 1. The van der Waals surface area contributed by atoms with Crippen LogP contribution in [0.25, 0.3) is 0 Å². The van der Waals surface area contributed by atoms with Crippen LogP contribution in [0.4, 0.5) is 0 Å². The van der Waals surface area contributed by atoms with Crippen molar-refractivity contribution in [3.8, 4) is 5.75 Å². The molecule has 2 aromatic carbocycles. The highest BCUT2D eigenvalue weighted by Gasteiger charge is 2.63.